The molecule has 0 spiro atoms. The predicted molar refractivity (Wildman–Crippen MR) is 104 cm³/mol. The number of fused-ring (bicyclic) bond motifs is 1. The number of carbonyl (C=O) groups excluding carboxylic acids is 1. The maximum atomic E-state index is 13.7. The number of piperidine rings is 1. The summed E-state index contributed by atoms with van der Waals surface area (Å²) in [5.74, 6) is -1.43. The lowest BCUT2D eigenvalue weighted by Crippen LogP contribution is -2.48. The number of nitrogens with one attached hydrogen (secondary N) is 2. The molecule has 0 saturated carbocycles. The van der Waals surface area contributed by atoms with Crippen LogP contribution in [-0.2, 0) is 10.4 Å². The highest BCUT2D eigenvalue weighted by Gasteiger charge is 2.61. The zero-order valence-electron chi connectivity index (χ0n) is 16.7. The van der Waals surface area contributed by atoms with E-state index in [1.54, 1.807) is 12.1 Å². The van der Waals surface area contributed by atoms with Crippen molar-refractivity contribution >= 4 is 17.4 Å². The van der Waals surface area contributed by atoms with Gasteiger partial charge in [-0.25, -0.2) is 4.39 Å². The first-order valence-electron chi connectivity index (χ1n) is 9.83. The standard InChI is InChI=1S/C20H19F4N5O3/c21-10-32-14-2-1-13(7-12(14)9-25)29-5-3-11(4-6-29)17-16-18(28-27-17)26-15(30)8-19(16,31)20(22,23)24/h1-2,7,11,31H,3-6,8,10H2,(H2,26,27,28,30). The fourth-order valence-electron chi connectivity index (χ4n) is 4.30. The summed E-state index contributed by atoms with van der Waals surface area (Å²) >= 11 is 0. The summed E-state index contributed by atoms with van der Waals surface area (Å²) in [7, 11) is 0. The van der Waals surface area contributed by atoms with Gasteiger partial charge in [0.1, 0.15) is 17.6 Å². The Balaban J connectivity index is 1.56. The Kier molecular flexibility index (Phi) is 5.46. The first-order chi connectivity index (χ1) is 15.2. The van der Waals surface area contributed by atoms with E-state index < -0.39 is 36.5 Å². The topological polar surface area (TPSA) is 114 Å². The highest BCUT2D eigenvalue weighted by atomic mass is 19.4. The van der Waals surface area contributed by atoms with Gasteiger partial charge in [0.05, 0.1) is 23.2 Å². The highest BCUT2D eigenvalue weighted by molar-refractivity contribution is 5.94. The van der Waals surface area contributed by atoms with E-state index in [1.807, 2.05) is 11.0 Å². The van der Waals surface area contributed by atoms with Crippen LogP contribution in [0.15, 0.2) is 18.2 Å². The maximum absolute atomic E-state index is 13.7. The number of hydrogen-bond acceptors (Lipinski definition) is 6. The molecule has 2 aliphatic heterocycles. The Morgan fingerprint density at radius 3 is 2.69 bits per heavy atom. The number of anilines is 2. The lowest BCUT2D eigenvalue weighted by Gasteiger charge is -2.37. The van der Waals surface area contributed by atoms with Gasteiger partial charge >= 0.3 is 6.18 Å². The smallest absolute Gasteiger partial charge is 0.422 e. The second kappa shape index (κ2) is 7.98. The summed E-state index contributed by atoms with van der Waals surface area (Å²) in [5.41, 5.74) is -2.77. The second-order valence-electron chi connectivity index (χ2n) is 7.75. The van der Waals surface area contributed by atoms with Gasteiger partial charge in [-0.3, -0.25) is 9.89 Å². The molecule has 1 aromatic carbocycles. The molecule has 12 heteroatoms. The van der Waals surface area contributed by atoms with Crippen LogP contribution in [0.4, 0.5) is 29.1 Å². The molecule has 3 N–H and O–H groups in total. The van der Waals surface area contributed by atoms with Gasteiger partial charge in [-0.05, 0) is 31.0 Å². The van der Waals surface area contributed by atoms with E-state index in [4.69, 9.17) is 4.74 Å². The normalized spacial score (nSPS) is 21.6. The molecule has 1 atom stereocenters. The van der Waals surface area contributed by atoms with Crippen LogP contribution in [0.2, 0.25) is 0 Å². The summed E-state index contributed by atoms with van der Waals surface area (Å²) in [6.45, 7) is -0.146. The molecule has 4 rings (SSSR count). The van der Waals surface area contributed by atoms with Gasteiger partial charge in [0.2, 0.25) is 12.8 Å². The average Bonchev–Trinajstić information content (AvgIpc) is 3.18. The van der Waals surface area contributed by atoms with Gasteiger partial charge in [-0.1, -0.05) is 0 Å². The van der Waals surface area contributed by atoms with Gasteiger partial charge < -0.3 is 20.1 Å². The van der Waals surface area contributed by atoms with Crippen molar-refractivity contribution in [3.8, 4) is 11.8 Å². The Hall–Kier alpha value is -3.33. The van der Waals surface area contributed by atoms with Crippen LogP contribution < -0.4 is 15.0 Å². The molecule has 1 saturated heterocycles. The van der Waals surface area contributed by atoms with Crippen LogP contribution in [0, 0.1) is 11.3 Å². The molecule has 1 amide bonds. The fraction of sp³-hybridized carbons (Fsp3) is 0.450. The SMILES string of the molecule is N#Cc1cc(N2CCC(c3n[nH]c4c3C(O)(C(F)(F)F)CC(=O)N4)CC2)ccc1OCF. The molecule has 1 aromatic heterocycles. The van der Waals surface area contributed by atoms with Gasteiger partial charge in [0, 0.05) is 24.7 Å². The van der Waals surface area contributed by atoms with Crippen molar-refractivity contribution in [2.24, 2.45) is 0 Å². The average molecular weight is 453 g/mol. The molecule has 1 unspecified atom stereocenters. The Morgan fingerprint density at radius 1 is 1.34 bits per heavy atom. The van der Waals surface area contributed by atoms with Crippen molar-refractivity contribution in [2.75, 3.05) is 30.2 Å². The minimum absolute atomic E-state index is 0.0869. The molecule has 170 valence electrons. The van der Waals surface area contributed by atoms with Gasteiger partial charge in [0.15, 0.2) is 5.60 Å². The lowest BCUT2D eigenvalue weighted by atomic mass is 9.81. The molecule has 0 aliphatic carbocycles. The number of nitrogens with zero attached hydrogens (tertiary/aromatic N) is 3. The van der Waals surface area contributed by atoms with Gasteiger partial charge in [0.25, 0.3) is 0 Å². The van der Waals surface area contributed by atoms with Crippen molar-refractivity contribution in [1.29, 1.82) is 5.26 Å². The number of hydrogen-bond donors (Lipinski definition) is 3. The molecule has 8 nitrogen and oxygen atoms in total. The number of amides is 1. The Bertz CT molecular complexity index is 1070. The lowest BCUT2D eigenvalue weighted by molar-refractivity contribution is -0.267. The van der Waals surface area contributed by atoms with E-state index in [0.29, 0.717) is 31.6 Å². The highest BCUT2D eigenvalue weighted by Crippen LogP contribution is 2.49. The zero-order chi connectivity index (χ0) is 23.1. The summed E-state index contributed by atoms with van der Waals surface area (Å²) in [5, 5.41) is 28.5. The largest absolute Gasteiger partial charge is 0.462 e. The van der Waals surface area contributed by atoms with Crippen molar-refractivity contribution < 1.29 is 32.2 Å². The van der Waals surface area contributed by atoms with Crippen molar-refractivity contribution in [3.05, 3.63) is 35.0 Å². The number of aromatic amines is 1. The molecular formula is C20H19F4N5O3. The molecular weight excluding hydrogens is 434 g/mol. The molecule has 0 radical (unpaired) electrons. The summed E-state index contributed by atoms with van der Waals surface area (Å²) in [4.78, 5) is 13.7. The number of halogens is 4. The number of rotatable bonds is 4. The van der Waals surface area contributed by atoms with E-state index in [2.05, 4.69) is 15.5 Å². The van der Waals surface area contributed by atoms with Crippen LogP contribution in [-0.4, -0.2) is 47.3 Å². The molecule has 3 heterocycles. The number of nitriles is 1. The Labute approximate surface area is 179 Å². The van der Waals surface area contributed by atoms with E-state index in [0.717, 1.165) is 0 Å². The van der Waals surface area contributed by atoms with E-state index in [1.165, 1.54) is 6.07 Å². The number of aromatic nitrogens is 2. The predicted octanol–water partition coefficient (Wildman–Crippen LogP) is 3.06. The molecule has 0 bridgehead atoms. The summed E-state index contributed by atoms with van der Waals surface area (Å²) < 4.78 is 58.3. The van der Waals surface area contributed by atoms with E-state index in [9.17, 15) is 32.7 Å². The molecule has 32 heavy (non-hydrogen) atoms. The number of carbonyl (C=O) groups is 1. The number of H-pyrrole nitrogens is 1. The Morgan fingerprint density at radius 2 is 2.06 bits per heavy atom. The fourth-order valence-corrected chi connectivity index (χ4v) is 4.30. The number of benzene rings is 1. The van der Waals surface area contributed by atoms with Crippen LogP contribution in [0.5, 0.6) is 5.75 Å². The first-order valence-corrected chi connectivity index (χ1v) is 9.83. The third-order valence-electron chi connectivity index (χ3n) is 5.90. The van der Waals surface area contributed by atoms with Crippen LogP contribution >= 0.6 is 0 Å². The molecule has 2 aromatic rings. The third kappa shape index (κ3) is 3.62. The van der Waals surface area contributed by atoms with Crippen molar-refractivity contribution in [3.63, 3.8) is 0 Å². The minimum atomic E-state index is -5.05. The molecule has 1 fully saturated rings. The third-order valence-corrected chi connectivity index (χ3v) is 5.90. The summed E-state index contributed by atoms with van der Waals surface area (Å²) in [6, 6.07) is 6.70. The number of ether oxygens (including phenoxy) is 1. The molecule has 2 aliphatic rings. The van der Waals surface area contributed by atoms with Gasteiger partial charge in [-0.15, -0.1) is 0 Å². The quantitative estimate of drug-likeness (QED) is 0.613. The summed E-state index contributed by atoms with van der Waals surface area (Å²) in [6.07, 6.45) is -5.30. The van der Waals surface area contributed by atoms with Crippen LogP contribution in [0.25, 0.3) is 0 Å². The van der Waals surface area contributed by atoms with Crippen LogP contribution in [0.3, 0.4) is 0 Å². The monoisotopic (exact) mass is 453 g/mol. The minimum Gasteiger partial charge on any atom is -0.462 e. The maximum Gasteiger partial charge on any atom is 0.422 e. The van der Waals surface area contributed by atoms with Crippen LogP contribution in [0.1, 0.15) is 42.0 Å². The van der Waals surface area contributed by atoms with Crippen molar-refractivity contribution in [2.45, 2.75) is 37.0 Å². The van der Waals surface area contributed by atoms with E-state index >= 15 is 0 Å². The van der Waals surface area contributed by atoms with Gasteiger partial charge in [-0.2, -0.15) is 23.5 Å². The van der Waals surface area contributed by atoms with Crippen molar-refractivity contribution in [1.82, 2.24) is 10.2 Å². The first kappa shape index (κ1) is 21.9. The number of aliphatic hydroxyl groups is 1. The zero-order valence-corrected chi connectivity index (χ0v) is 16.7. The number of alkyl halides is 4. The second-order valence-corrected chi connectivity index (χ2v) is 7.75. The van der Waals surface area contributed by atoms with E-state index in [-0.39, 0.29) is 28.7 Å².